The Hall–Kier alpha value is -7.89. The van der Waals surface area contributed by atoms with E-state index in [1.165, 1.54) is 32.8 Å². The van der Waals surface area contributed by atoms with E-state index in [2.05, 4.69) is 168 Å². The van der Waals surface area contributed by atoms with E-state index in [-0.39, 0.29) is 0 Å². The molecule has 0 bridgehead atoms. The van der Waals surface area contributed by atoms with Crippen LogP contribution in [0, 0.1) is 0 Å². The van der Waals surface area contributed by atoms with Crippen LogP contribution in [0.4, 0.5) is 0 Å². The van der Waals surface area contributed by atoms with Crippen molar-refractivity contribution in [2.75, 3.05) is 0 Å². The molecule has 0 spiro atoms. The van der Waals surface area contributed by atoms with Gasteiger partial charge in [0.15, 0.2) is 17.5 Å². The molecule has 11 aromatic rings. The summed E-state index contributed by atoms with van der Waals surface area (Å²) in [5.74, 6) is 3.63. The van der Waals surface area contributed by atoms with Crippen LogP contribution in [0.2, 0.25) is 0 Å². The first kappa shape index (κ1) is 32.4. The average Bonchev–Trinajstić information content (AvgIpc) is 3.63. The predicted octanol–water partition coefficient (Wildman–Crippen LogP) is 13.7. The van der Waals surface area contributed by atoms with E-state index in [0.29, 0.717) is 17.5 Å². The van der Waals surface area contributed by atoms with Crippen molar-refractivity contribution in [2.45, 2.75) is 0 Å². The van der Waals surface area contributed by atoms with Gasteiger partial charge in [0.1, 0.15) is 11.5 Å². The third-order valence-electron chi connectivity index (χ3n) is 11.4. The van der Waals surface area contributed by atoms with Gasteiger partial charge in [0.2, 0.25) is 0 Å². The second-order valence-corrected chi connectivity index (χ2v) is 14.8. The number of hydrogen-bond donors (Lipinski definition) is 0. The molecule has 0 atom stereocenters. The van der Waals surface area contributed by atoms with Crippen LogP contribution in [0.3, 0.4) is 0 Å². The fourth-order valence-corrected chi connectivity index (χ4v) is 8.69. The van der Waals surface area contributed by atoms with E-state index in [4.69, 9.17) is 19.7 Å². The minimum absolute atomic E-state index is 0.630. The number of hydrogen-bond acceptors (Lipinski definition) is 4. The summed E-state index contributed by atoms with van der Waals surface area (Å²) in [4.78, 5) is 15.0. The summed E-state index contributed by atoms with van der Waals surface area (Å²) < 4.78 is 9.10. The quantitative estimate of drug-likeness (QED) is 0.176. The van der Waals surface area contributed by atoms with Gasteiger partial charge in [0, 0.05) is 50.2 Å². The van der Waals surface area contributed by atoms with Gasteiger partial charge in [-0.2, -0.15) is 0 Å². The lowest BCUT2D eigenvalue weighted by Crippen LogP contribution is -2.01. The summed E-state index contributed by atoms with van der Waals surface area (Å²) in [5.41, 5.74) is 10.7. The van der Waals surface area contributed by atoms with Crippen LogP contribution in [-0.4, -0.2) is 19.5 Å². The predicted molar refractivity (Wildman–Crippen MR) is 236 cm³/mol. The highest BCUT2D eigenvalue weighted by Crippen LogP contribution is 2.49. The van der Waals surface area contributed by atoms with E-state index in [1.54, 1.807) is 0 Å². The smallest absolute Gasteiger partial charge is 0.164 e. The van der Waals surface area contributed by atoms with Gasteiger partial charge in [-0.15, -0.1) is 0 Å². The highest BCUT2D eigenvalue weighted by Gasteiger charge is 2.23. The third-order valence-corrected chi connectivity index (χ3v) is 11.4. The van der Waals surface area contributed by atoms with Gasteiger partial charge in [-0.25, -0.2) is 15.0 Å². The van der Waals surface area contributed by atoms with E-state index in [1.807, 2.05) is 30.3 Å². The highest BCUT2D eigenvalue weighted by atomic mass is 16.5. The van der Waals surface area contributed by atoms with Crippen LogP contribution in [0.15, 0.2) is 194 Å². The molecule has 0 unspecified atom stereocenters. The molecule has 1 aliphatic heterocycles. The Morgan fingerprint density at radius 2 is 0.931 bits per heavy atom. The van der Waals surface area contributed by atoms with Gasteiger partial charge in [-0.3, -0.25) is 0 Å². The molecule has 12 rings (SSSR count). The molecular weight excluding hydrogens is 709 g/mol. The number of aromatic nitrogens is 4. The van der Waals surface area contributed by atoms with Crippen molar-refractivity contribution in [3.63, 3.8) is 0 Å². The molecule has 58 heavy (non-hydrogen) atoms. The van der Waals surface area contributed by atoms with Crippen molar-refractivity contribution in [3.8, 4) is 73.6 Å². The van der Waals surface area contributed by atoms with Gasteiger partial charge in [0.05, 0.1) is 11.0 Å². The zero-order valence-corrected chi connectivity index (χ0v) is 31.2. The van der Waals surface area contributed by atoms with Gasteiger partial charge in [-0.1, -0.05) is 152 Å². The minimum Gasteiger partial charge on any atom is -0.456 e. The summed E-state index contributed by atoms with van der Waals surface area (Å²) in [5, 5.41) is 7.06. The molecule has 0 N–H and O–H groups in total. The van der Waals surface area contributed by atoms with Crippen molar-refractivity contribution < 1.29 is 4.74 Å². The molecule has 5 nitrogen and oxygen atoms in total. The number of ether oxygens (including phenoxy) is 1. The zero-order chi connectivity index (χ0) is 38.2. The van der Waals surface area contributed by atoms with E-state index in [9.17, 15) is 0 Å². The van der Waals surface area contributed by atoms with Crippen LogP contribution in [-0.2, 0) is 0 Å². The molecule has 2 aromatic heterocycles. The Morgan fingerprint density at radius 1 is 0.345 bits per heavy atom. The van der Waals surface area contributed by atoms with Crippen LogP contribution in [0.25, 0.3) is 105 Å². The lowest BCUT2D eigenvalue weighted by atomic mass is 9.90. The fraction of sp³-hybridized carbons (Fsp3) is 0. The Labute approximate surface area is 334 Å². The fourth-order valence-electron chi connectivity index (χ4n) is 8.69. The summed E-state index contributed by atoms with van der Waals surface area (Å²) in [6.07, 6.45) is 0. The first-order chi connectivity index (χ1) is 28.7. The number of benzene rings is 9. The number of nitrogens with zero attached hydrogens (tertiary/aromatic N) is 4. The monoisotopic (exact) mass is 740 g/mol. The van der Waals surface area contributed by atoms with Gasteiger partial charge < -0.3 is 9.30 Å². The molecule has 1 aliphatic rings. The van der Waals surface area contributed by atoms with Crippen LogP contribution in [0.5, 0.6) is 11.5 Å². The first-order valence-electron chi connectivity index (χ1n) is 19.5. The highest BCUT2D eigenvalue weighted by molar-refractivity contribution is 6.11. The van der Waals surface area contributed by atoms with Crippen LogP contribution < -0.4 is 4.74 Å². The van der Waals surface area contributed by atoms with Gasteiger partial charge >= 0.3 is 0 Å². The summed E-state index contributed by atoms with van der Waals surface area (Å²) in [6.45, 7) is 0. The minimum atomic E-state index is 0.630. The SMILES string of the molecule is c1ccc(-c2nc(-c3ccc(-c4ccc5c6c(cccc46)-c4ccc(-n6c7ccccc7c7ccccc76)cc4O5)cc3)nc(-c3ccc4ccccc4c3)n2)cc1. The standard InChI is InChI=1S/C53H32N4O/c1-2-12-35(13-3-1)51-54-52(56-53(55-51)38-26-21-33-11-4-5-14-37(33)31-38)36-24-22-34(23-25-36)40-29-30-48-50-44(40)17-10-18-45(50)43-28-27-39(32-49(43)58-48)57-46-19-8-6-15-41(46)42-16-7-9-20-47(42)57/h1-32H. The van der Waals surface area contributed by atoms with Crippen molar-refractivity contribution in [1.29, 1.82) is 0 Å². The van der Waals surface area contributed by atoms with E-state index < -0.39 is 0 Å². The molecule has 3 heterocycles. The van der Waals surface area contributed by atoms with Gasteiger partial charge in [0.25, 0.3) is 0 Å². The van der Waals surface area contributed by atoms with E-state index in [0.717, 1.165) is 66.7 Å². The molecule has 0 saturated carbocycles. The van der Waals surface area contributed by atoms with Crippen molar-refractivity contribution in [2.24, 2.45) is 0 Å². The van der Waals surface area contributed by atoms with Gasteiger partial charge in [-0.05, 0) is 69.2 Å². The summed E-state index contributed by atoms with van der Waals surface area (Å²) >= 11 is 0. The third kappa shape index (κ3) is 5.14. The molecule has 0 fully saturated rings. The molecule has 9 aromatic carbocycles. The molecular formula is C53H32N4O. The molecule has 0 radical (unpaired) electrons. The first-order valence-corrected chi connectivity index (χ1v) is 19.5. The Bertz CT molecular complexity index is 3370. The Balaban J connectivity index is 0.927. The van der Waals surface area contributed by atoms with E-state index >= 15 is 0 Å². The molecule has 5 heteroatoms. The van der Waals surface area contributed by atoms with Crippen LogP contribution in [0.1, 0.15) is 0 Å². The number of rotatable bonds is 5. The Kier molecular flexibility index (Phi) is 7.16. The molecule has 0 amide bonds. The van der Waals surface area contributed by atoms with Crippen LogP contribution >= 0.6 is 0 Å². The number of fused-ring (bicyclic) bond motifs is 6. The van der Waals surface area contributed by atoms with Crippen molar-refractivity contribution in [1.82, 2.24) is 19.5 Å². The normalized spacial score (nSPS) is 11.9. The second kappa shape index (κ2) is 12.8. The summed E-state index contributed by atoms with van der Waals surface area (Å²) in [7, 11) is 0. The molecule has 270 valence electrons. The largest absolute Gasteiger partial charge is 0.456 e. The van der Waals surface area contributed by atoms with Crippen molar-refractivity contribution >= 4 is 43.4 Å². The lowest BCUT2D eigenvalue weighted by molar-refractivity contribution is 0.487. The second-order valence-electron chi connectivity index (χ2n) is 14.8. The molecule has 0 saturated heterocycles. The maximum atomic E-state index is 6.76. The zero-order valence-electron chi connectivity index (χ0n) is 31.2. The molecule has 0 aliphatic carbocycles. The summed E-state index contributed by atoms with van der Waals surface area (Å²) in [6, 6.07) is 68.0. The van der Waals surface area contributed by atoms with Crippen molar-refractivity contribution in [3.05, 3.63) is 194 Å². The number of para-hydroxylation sites is 2. The maximum absolute atomic E-state index is 6.76. The maximum Gasteiger partial charge on any atom is 0.164 e. The lowest BCUT2D eigenvalue weighted by Gasteiger charge is -2.23. The average molecular weight is 741 g/mol. The Morgan fingerprint density at radius 3 is 1.69 bits per heavy atom. The topological polar surface area (TPSA) is 52.8 Å².